The second-order valence-electron chi connectivity index (χ2n) is 4.22. The molecule has 0 aliphatic heterocycles. The lowest BCUT2D eigenvalue weighted by atomic mass is 10.1. The Kier molecular flexibility index (Phi) is 4.24. The van der Waals surface area contributed by atoms with Gasteiger partial charge < -0.3 is 11.1 Å². The normalized spacial score (nSPS) is 10.3. The third-order valence-corrected chi connectivity index (χ3v) is 2.76. The number of carbonyl (C=O) groups is 1. The third-order valence-electron chi connectivity index (χ3n) is 2.76. The van der Waals surface area contributed by atoms with Crippen LogP contribution in [0.2, 0.25) is 0 Å². The van der Waals surface area contributed by atoms with Crippen LogP contribution in [0.1, 0.15) is 15.9 Å². The smallest absolute Gasteiger partial charge is 0.251 e. The molecule has 0 spiro atoms. The van der Waals surface area contributed by atoms with Crippen molar-refractivity contribution in [1.29, 1.82) is 0 Å². The minimum atomic E-state index is -0.942. The highest BCUT2D eigenvalue weighted by molar-refractivity contribution is 5.94. The number of amides is 1. The van der Waals surface area contributed by atoms with Gasteiger partial charge in [-0.1, -0.05) is 6.07 Å². The summed E-state index contributed by atoms with van der Waals surface area (Å²) in [5, 5.41) is 2.58. The summed E-state index contributed by atoms with van der Waals surface area (Å²) in [6.45, 7) is 0.345. The van der Waals surface area contributed by atoms with Gasteiger partial charge in [0.1, 0.15) is 17.3 Å². The number of pyridine rings is 1. The summed E-state index contributed by atoms with van der Waals surface area (Å²) in [6.07, 6.45) is 3.93. The van der Waals surface area contributed by atoms with Gasteiger partial charge in [-0.25, -0.2) is 8.78 Å². The van der Waals surface area contributed by atoms with Crippen molar-refractivity contribution < 1.29 is 13.6 Å². The number of nitrogen functional groups attached to an aromatic ring is 1. The molecule has 0 saturated carbocycles. The van der Waals surface area contributed by atoms with Crippen LogP contribution in [-0.2, 0) is 6.42 Å². The summed E-state index contributed by atoms with van der Waals surface area (Å²) >= 11 is 0. The van der Waals surface area contributed by atoms with E-state index in [1.54, 1.807) is 18.5 Å². The van der Waals surface area contributed by atoms with Crippen LogP contribution in [0.5, 0.6) is 0 Å². The molecule has 0 saturated heterocycles. The molecular weight excluding hydrogens is 264 g/mol. The maximum absolute atomic E-state index is 13.2. The van der Waals surface area contributed by atoms with Crippen LogP contribution in [0, 0.1) is 11.6 Å². The van der Waals surface area contributed by atoms with E-state index in [0.29, 0.717) is 13.0 Å². The standard InChI is InChI=1S/C14H13F2N3O/c15-11-6-10(7-12(16)13(11)17)14(20)19-5-3-9-2-1-4-18-8-9/h1-2,4,6-8H,3,5,17H2,(H,19,20). The van der Waals surface area contributed by atoms with Crippen LogP contribution in [-0.4, -0.2) is 17.4 Å². The van der Waals surface area contributed by atoms with Crippen LogP contribution >= 0.6 is 0 Å². The predicted octanol–water partition coefficient (Wildman–Crippen LogP) is 1.91. The quantitative estimate of drug-likeness (QED) is 0.839. The van der Waals surface area contributed by atoms with E-state index in [1.807, 2.05) is 6.07 Å². The van der Waals surface area contributed by atoms with Crippen molar-refractivity contribution in [3.8, 4) is 0 Å². The van der Waals surface area contributed by atoms with Crippen LogP contribution < -0.4 is 11.1 Å². The number of aromatic nitrogens is 1. The van der Waals surface area contributed by atoms with Crippen molar-refractivity contribution in [3.63, 3.8) is 0 Å². The summed E-state index contributed by atoms with van der Waals surface area (Å²) in [6, 6.07) is 5.50. The first-order valence-electron chi connectivity index (χ1n) is 5.99. The topological polar surface area (TPSA) is 68.0 Å². The number of hydrogen-bond acceptors (Lipinski definition) is 3. The fraction of sp³-hybridized carbons (Fsp3) is 0.143. The zero-order valence-electron chi connectivity index (χ0n) is 10.6. The number of hydrogen-bond donors (Lipinski definition) is 2. The van der Waals surface area contributed by atoms with Crippen molar-refractivity contribution >= 4 is 11.6 Å². The molecule has 0 fully saturated rings. The molecule has 20 heavy (non-hydrogen) atoms. The van der Waals surface area contributed by atoms with Gasteiger partial charge in [-0.15, -0.1) is 0 Å². The molecule has 1 aromatic carbocycles. The zero-order valence-corrected chi connectivity index (χ0v) is 10.6. The Morgan fingerprint density at radius 2 is 2.00 bits per heavy atom. The van der Waals surface area contributed by atoms with E-state index in [4.69, 9.17) is 5.73 Å². The van der Waals surface area contributed by atoms with Crippen molar-refractivity contribution in [2.75, 3.05) is 12.3 Å². The highest BCUT2D eigenvalue weighted by Crippen LogP contribution is 2.17. The molecule has 1 aromatic heterocycles. The lowest BCUT2D eigenvalue weighted by Crippen LogP contribution is -2.26. The lowest BCUT2D eigenvalue weighted by molar-refractivity contribution is 0.0953. The number of anilines is 1. The van der Waals surface area contributed by atoms with E-state index in [2.05, 4.69) is 10.3 Å². The monoisotopic (exact) mass is 277 g/mol. The number of nitrogens with zero attached hydrogens (tertiary/aromatic N) is 1. The second-order valence-corrected chi connectivity index (χ2v) is 4.22. The van der Waals surface area contributed by atoms with Gasteiger partial charge in [0.15, 0.2) is 0 Å². The predicted molar refractivity (Wildman–Crippen MR) is 71.0 cm³/mol. The van der Waals surface area contributed by atoms with E-state index in [0.717, 1.165) is 17.7 Å². The molecule has 1 heterocycles. The Labute approximate surface area is 114 Å². The van der Waals surface area contributed by atoms with E-state index in [-0.39, 0.29) is 5.56 Å². The van der Waals surface area contributed by atoms with Crippen LogP contribution in [0.25, 0.3) is 0 Å². The number of nitrogens with two attached hydrogens (primary N) is 1. The molecule has 0 atom stereocenters. The van der Waals surface area contributed by atoms with Gasteiger partial charge in [0.25, 0.3) is 5.91 Å². The molecule has 4 nitrogen and oxygen atoms in total. The minimum Gasteiger partial charge on any atom is -0.394 e. The third kappa shape index (κ3) is 3.28. The molecule has 0 unspecified atom stereocenters. The first-order valence-corrected chi connectivity index (χ1v) is 5.99. The summed E-state index contributed by atoms with van der Waals surface area (Å²) in [5.41, 5.74) is 5.42. The molecule has 1 amide bonds. The number of carbonyl (C=O) groups excluding carboxylic acids is 1. The van der Waals surface area contributed by atoms with Gasteiger partial charge in [0, 0.05) is 24.5 Å². The van der Waals surface area contributed by atoms with Gasteiger partial charge in [0.2, 0.25) is 0 Å². The SMILES string of the molecule is Nc1c(F)cc(C(=O)NCCc2cccnc2)cc1F. The zero-order chi connectivity index (χ0) is 14.5. The maximum atomic E-state index is 13.2. The van der Waals surface area contributed by atoms with Crippen molar-refractivity contribution in [3.05, 3.63) is 59.4 Å². The molecule has 0 aliphatic carbocycles. The van der Waals surface area contributed by atoms with Gasteiger partial charge in [0.05, 0.1) is 0 Å². The number of nitrogens with one attached hydrogen (secondary N) is 1. The summed E-state index contributed by atoms with van der Waals surface area (Å²) in [5.74, 6) is -2.43. The number of rotatable bonds is 4. The lowest BCUT2D eigenvalue weighted by Gasteiger charge is -2.07. The van der Waals surface area contributed by atoms with E-state index < -0.39 is 23.2 Å². The Bertz CT molecular complexity index is 594. The summed E-state index contributed by atoms with van der Waals surface area (Å²) < 4.78 is 26.5. The van der Waals surface area contributed by atoms with Crippen LogP contribution in [0.15, 0.2) is 36.7 Å². The molecular formula is C14H13F2N3O. The second kappa shape index (κ2) is 6.10. The molecule has 3 N–H and O–H groups in total. The number of benzene rings is 1. The molecule has 2 rings (SSSR count). The van der Waals surface area contributed by atoms with E-state index in [1.165, 1.54) is 0 Å². The molecule has 2 aromatic rings. The average molecular weight is 277 g/mol. The minimum absolute atomic E-state index is 0.0969. The Morgan fingerprint density at radius 3 is 2.60 bits per heavy atom. The molecule has 104 valence electrons. The molecule has 6 heteroatoms. The van der Waals surface area contributed by atoms with Gasteiger partial charge in [-0.2, -0.15) is 0 Å². The highest BCUT2D eigenvalue weighted by atomic mass is 19.1. The van der Waals surface area contributed by atoms with Crippen LogP contribution in [0.3, 0.4) is 0 Å². The van der Waals surface area contributed by atoms with E-state index in [9.17, 15) is 13.6 Å². The largest absolute Gasteiger partial charge is 0.394 e. The van der Waals surface area contributed by atoms with E-state index >= 15 is 0 Å². The van der Waals surface area contributed by atoms with Crippen molar-refractivity contribution in [2.45, 2.75) is 6.42 Å². The van der Waals surface area contributed by atoms with Crippen molar-refractivity contribution in [2.24, 2.45) is 0 Å². The highest BCUT2D eigenvalue weighted by Gasteiger charge is 2.12. The fourth-order valence-corrected chi connectivity index (χ4v) is 1.68. The summed E-state index contributed by atoms with van der Waals surface area (Å²) in [4.78, 5) is 15.7. The molecule has 0 radical (unpaired) electrons. The summed E-state index contributed by atoms with van der Waals surface area (Å²) in [7, 11) is 0. The number of halogens is 2. The Morgan fingerprint density at radius 1 is 1.30 bits per heavy atom. The van der Waals surface area contributed by atoms with Crippen LogP contribution in [0.4, 0.5) is 14.5 Å². The molecule has 0 aliphatic rings. The van der Waals surface area contributed by atoms with Crippen molar-refractivity contribution in [1.82, 2.24) is 10.3 Å². The Balaban J connectivity index is 1.95. The Hall–Kier alpha value is -2.50. The average Bonchev–Trinajstić information content (AvgIpc) is 2.45. The maximum Gasteiger partial charge on any atom is 0.251 e. The first-order chi connectivity index (χ1) is 9.58. The van der Waals surface area contributed by atoms with Gasteiger partial charge >= 0.3 is 0 Å². The molecule has 0 bridgehead atoms. The first kappa shape index (κ1) is 13.9. The fourth-order valence-electron chi connectivity index (χ4n) is 1.68. The van der Waals surface area contributed by atoms with Gasteiger partial charge in [-0.05, 0) is 30.2 Å². The van der Waals surface area contributed by atoms with Gasteiger partial charge in [-0.3, -0.25) is 9.78 Å².